The molecule has 0 amide bonds. The van der Waals surface area contributed by atoms with Crippen molar-refractivity contribution in [1.29, 1.82) is 0 Å². The molecule has 12 heavy (non-hydrogen) atoms. The SMILES string of the molecule is [CH2]CN1CCc2ncccc2C1. The Kier molecular flexibility index (Phi) is 2.09. The van der Waals surface area contributed by atoms with Crippen molar-refractivity contribution in [2.24, 2.45) is 0 Å². The Hall–Kier alpha value is -0.890. The Balaban J connectivity index is 2.23. The third kappa shape index (κ3) is 1.34. The van der Waals surface area contributed by atoms with Gasteiger partial charge in [-0.05, 0) is 25.1 Å². The summed E-state index contributed by atoms with van der Waals surface area (Å²) in [5.41, 5.74) is 2.63. The molecule has 0 aromatic carbocycles. The normalized spacial score (nSPS) is 17.4. The molecule has 2 rings (SSSR count). The van der Waals surface area contributed by atoms with E-state index in [9.17, 15) is 0 Å². The molecule has 0 saturated carbocycles. The second kappa shape index (κ2) is 3.23. The largest absolute Gasteiger partial charge is 0.299 e. The van der Waals surface area contributed by atoms with Crippen molar-refractivity contribution >= 4 is 0 Å². The van der Waals surface area contributed by atoms with Gasteiger partial charge in [-0.15, -0.1) is 0 Å². The molecule has 1 aliphatic rings. The number of nitrogens with zero attached hydrogens (tertiary/aromatic N) is 2. The number of pyridine rings is 1. The minimum atomic E-state index is 0.897. The Labute approximate surface area is 73.2 Å². The van der Waals surface area contributed by atoms with E-state index in [1.54, 1.807) is 0 Å². The molecule has 0 unspecified atom stereocenters. The van der Waals surface area contributed by atoms with Gasteiger partial charge < -0.3 is 0 Å². The second-order valence-electron chi connectivity index (χ2n) is 3.14. The smallest absolute Gasteiger partial charge is 0.0461 e. The third-order valence-corrected chi connectivity index (χ3v) is 2.36. The summed E-state index contributed by atoms with van der Waals surface area (Å²) in [6, 6.07) is 4.16. The molecule has 63 valence electrons. The zero-order valence-electron chi connectivity index (χ0n) is 7.16. The van der Waals surface area contributed by atoms with Crippen LogP contribution < -0.4 is 0 Å². The fourth-order valence-electron chi connectivity index (χ4n) is 1.62. The Morgan fingerprint density at radius 1 is 1.58 bits per heavy atom. The summed E-state index contributed by atoms with van der Waals surface area (Å²) in [6.07, 6.45) is 2.95. The number of aromatic nitrogens is 1. The van der Waals surface area contributed by atoms with Crippen molar-refractivity contribution in [1.82, 2.24) is 9.88 Å². The van der Waals surface area contributed by atoms with Crippen molar-refractivity contribution in [2.75, 3.05) is 13.1 Å². The van der Waals surface area contributed by atoms with E-state index >= 15 is 0 Å². The highest BCUT2D eigenvalue weighted by Crippen LogP contribution is 2.15. The van der Waals surface area contributed by atoms with Gasteiger partial charge in [0.25, 0.3) is 0 Å². The number of rotatable bonds is 1. The lowest BCUT2D eigenvalue weighted by molar-refractivity contribution is 0.278. The number of fused-ring (bicyclic) bond motifs is 1. The Morgan fingerprint density at radius 3 is 3.33 bits per heavy atom. The maximum Gasteiger partial charge on any atom is 0.0461 e. The van der Waals surface area contributed by atoms with Gasteiger partial charge in [0, 0.05) is 31.4 Å². The highest BCUT2D eigenvalue weighted by Gasteiger charge is 2.14. The monoisotopic (exact) mass is 161 g/mol. The van der Waals surface area contributed by atoms with Crippen LogP contribution in [0.3, 0.4) is 0 Å². The zero-order valence-corrected chi connectivity index (χ0v) is 7.16. The minimum Gasteiger partial charge on any atom is -0.299 e. The quantitative estimate of drug-likeness (QED) is 0.616. The molecule has 2 nitrogen and oxygen atoms in total. The van der Waals surface area contributed by atoms with Crippen LogP contribution in [0.5, 0.6) is 0 Å². The van der Waals surface area contributed by atoms with Crippen LogP contribution in [0.25, 0.3) is 0 Å². The highest BCUT2D eigenvalue weighted by molar-refractivity contribution is 5.22. The summed E-state index contributed by atoms with van der Waals surface area (Å²) in [5, 5.41) is 0. The van der Waals surface area contributed by atoms with Crippen molar-refractivity contribution in [3.63, 3.8) is 0 Å². The summed E-state index contributed by atoms with van der Waals surface area (Å²) in [4.78, 5) is 6.68. The maximum absolute atomic E-state index is 4.34. The van der Waals surface area contributed by atoms with E-state index in [0.29, 0.717) is 0 Å². The molecule has 1 aromatic heterocycles. The van der Waals surface area contributed by atoms with Gasteiger partial charge in [0.1, 0.15) is 0 Å². The molecule has 0 atom stereocenters. The van der Waals surface area contributed by atoms with Gasteiger partial charge in [-0.3, -0.25) is 9.88 Å². The standard InChI is InChI=1S/C10H13N2/c1-2-12-7-5-10-9(8-12)4-3-6-11-10/h3-4,6H,1-2,5,7-8H2. The molecule has 0 aliphatic carbocycles. The minimum absolute atomic E-state index is 0.897. The van der Waals surface area contributed by atoms with E-state index in [1.807, 2.05) is 12.3 Å². The molecule has 2 heteroatoms. The maximum atomic E-state index is 4.34. The summed E-state index contributed by atoms with van der Waals surface area (Å²) in [5.74, 6) is 0. The van der Waals surface area contributed by atoms with E-state index in [0.717, 1.165) is 26.1 Å². The van der Waals surface area contributed by atoms with Gasteiger partial charge in [-0.25, -0.2) is 0 Å². The third-order valence-electron chi connectivity index (χ3n) is 2.36. The average molecular weight is 161 g/mol. The highest BCUT2D eigenvalue weighted by atomic mass is 15.1. The first-order valence-electron chi connectivity index (χ1n) is 4.34. The fourth-order valence-corrected chi connectivity index (χ4v) is 1.62. The van der Waals surface area contributed by atoms with E-state index < -0.39 is 0 Å². The first kappa shape index (κ1) is 7.74. The molecule has 0 fully saturated rings. The molecule has 0 spiro atoms. The lowest BCUT2D eigenvalue weighted by Crippen LogP contribution is -2.30. The summed E-state index contributed by atoms with van der Waals surface area (Å²) >= 11 is 0. The Bertz CT molecular complexity index is 270. The van der Waals surface area contributed by atoms with Gasteiger partial charge in [0.05, 0.1) is 0 Å². The number of hydrogen-bond donors (Lipinski definition) is 0. The molecule has 1 aromatic rings. The van der Waals surface area contributed by atoms with Crippen molar-refractivity contribution in [3.8, 4) is 0 Å². The van der Waals surface area contributed by atoms with Gasteiger partial charge in [-0.1, -0.05) is 6.07 Å². The average Bonchev–Trinajstić information content (AvgIpc) is 2.17. The molecule has 0 N–H and O–H groups in total. The van der Waals surface area contributed by atoms with Crippen molar-refractivity contribution in [3.05, 3.63) is 36.5 Å². The molecule has 0 bridgehead atoms. The predicted molar refractivity (Wildman–Crippen MR) is 48.6 cm³/mol. The molecular formula is C10H13N2. The van der Waals surface area contributed by atoms with Crippen LogP contribution in [0.15, 0.2) is 18.3 Å². The predicted octanol–water partition coefficient (Wildman–Crippen LogP) is 1.27. The van der Waals surface area contributed by atoms with E-state index in [1.165, 1.54) is 11.3 Å². The number of hydrogen-bond acceptors (Lipinski definition) is 2. The summed E-state index contributed by atoms with van der Waals surface area (Å²) < 4.78 is 0. The fraction of sp³-hybridized carbons (Fsp3) is 0.400. The van der Waals surface area contributed by atoms with Crippen LogP contribution in [0.4, 0.5) is 0 Å². The van der Waals surface area contributed by atoms with Gasteiger partial charge in [0.15, 0.2) is 0 Å². The van der Waals surface area contributed by atoms with Crippen molar-refractivity contribution in [2.45, 2.75) is 13.0 Å². The zero-order chi connectivity index (χ0) is 8.39. The molecule has 1 aliphatic heterocycles. The van der Waals surface area contributed by atoms with E-state index in [2.05, 4.69) is 22.9 Å². The first-order chi connectivity index (χ1) is 5.90. The first-order valence-corrected chi connectivity index (χ1v) is 4.34. The van der Waals surface area contributed by atoms with Crippen LogP contribution in [0.2, 0.25) is 0 Å². The van der Waals surface area contributed by atoms with Gasteiger partial charge in [-0.2, -0.15) is 0 Å². The van der Waals surface area contributed by atoms with Gasteiger partial charge >= 0.3 is 0 Å². The molecular weight excluding hydrogens is 148 g/mol. The Morgan fingerprint density at radius 2 is 2.50 bits per heavy atom. The van der Waals surface area contributed by atoms with E-state index in [4.69, 9.17) is 0 Å². The molecule has 2 heterocycles. The second-order valence-corrected chi connectivity index (χ2v) is 3.14. The molecule has 1 radical (unpaired) electrons. The topological polar surface area (TPSA) is 16.1 Å². The lowest BCUT2D eigenvalue weighted by Gasteiger charge is -2.26. The molecule has 0 saturated heterocycles. The summed E-state index contributed by atoms with van der Waals surface area (Å²) in [7, 11) is 0. The van der Waals surface area contributed by atoms with E-state index in [-0.39, 0.29) is 0 Å². The lowest BCUT2D eigenvalue weighted by atomic mass is 10.1. The van der Waals surface area contributed by atoms with Crippen LogP contribution in [-0.4, -0.2) is 23.0 Å². The van der Waals surface area contributed by atoms with Gasteiger partial charge in [0.2, 0.25) is 0 Å². The van der Waals surface area contributed by atoms with Crippen LogP contribution in [0, 0.1) is 6.92 Å². The van der Waals surface area contributed by atoms with Crippen molar-refractivity contribution < 1.29 is 0 Å². The van der Waals surface area contributed by atoms with Crippen LogP contribution >= 0.6 is 0 Å². The van der Waals surface area contributed by atoms with Crippen LogP contribution in [-0.2, 0) is 13.0 Å². The van der Waals surface area contributed by atoms with Crippen LogP contribution in [0.1, 0.15) is 11.3 Å². The summed E-state index contributed by atoms with van der Waals surface area (Å²) in [6.45, 7) is 6.91.